The van der Waals surface area contributed by atoms with Gasteiger partial charge in [-0.05, 0) is 6.07 Å². The number of fused-ring (bicyclic) bond motifs is 1. The van der Waals surface area contributed by atoms with Gasteiger partial charge in [0.25, 0.3) is 5.82 Å². The molecule has 1 aromatic heterocycles. The van der Waals surface area contributed by atoms with E-state index in [2.05, 4.69) is 15.4 Å². The lowest BCUT2D eigenvalue weighted by atomic mass is 10.5. The van der Waals surface area contributed by atoms with Crippen LogP contribution in [0.5, 0.6) is 0 Å². The molecule has 3 nitrogen and oxygen atoms in total. The largest absolute Gasteiger partial charge is 0.293 e. The molecule has 2 rings (SSSR count). The van der Waals surface area contributed by atoms with E-state index in [9.17, 15) is 0 Å². The number of pyridine rings is 1. The molecule has 0 aromatic carbocycles. The molecule has 1 aliphatic heterocycles. The minimum absolute atomic E-state index is 0.857. The van der Waals surface area contributed by atoms with Crippen LogP contribution in [0, 0.1) is 0 Å². The highest BCUT2D eigenvalue weighted by Crippen LogP contribution is 1.98. The first kappa shape index (κ1) is 4.76. The summed E-state index contributed by atoms with van der Waals surface area (Å²) in [6.45, 7) is 0.857. The lowest BCUT2D eigenvalue weighted by Gasteiger charge is -1.87. The Labute approximate surface area is 53.3 Å². The zero-order valence-electron chi connectivity index (χ0n) is 4.96. The van der Waals surface area contributed by atoms with E-state index in [1.807, 2.05) is 24.4 Å². The first-order valence-corrected chi connectivity index (χ1v) is 2.94. The lowest BCUT2D eigenvalue weighted by molar-refractivity contribution is -0.675. The average Bonchev–Trinajstić information content (AvgIpc) is 2.33. The Bertz CT molecular complexity index is 198. The predicted molar refractivity (Wildman–Crippen MR) is 33.4 cm³/mol. The molecule has 2 N–H and O–H groups in total. The van der Waals surface area contributed by atoms with Crippen LogP contribution in [0.4, 0.5) is 5.82 Å². The summed E-state index contributed by atoms with van der Waals surface area (Å²) in [5, 5.41) is 0. The van der Waals surface area contributed by atoms with E-state index in [0.29, 0.717) is 0 Å². The van der Waals surface area contributed by atoms with Crippen molar-refractivity contribution in [1.82, 2.24) is 5.43 Å². The number of nitrogens with one attached hydrogen (secondary N) is 2. The van der Waals surface area contributed by atoms with E-state index in [1.165, 1.54) is 0 Å². The van der Waals surface area contributed by atoms with Crippen LogP contribution in [0.1, 0.15) is 0 Å². The van der Waals surface area contributed by atoms with E-state index in [4.69, 9.17) is 0 Å². The normalized spacial score (nSPS) is 14.7. The fraction of sp³-hybridized carbons (Fsp3) is 0.167. The number of hydrogen-bond donors (Lipinski definition) is 2. The number of hydrogen-bond acceptors (Lipinski definition) is 2. The summed E-state index contributed by atoms with van der Waals surface area (Å²) in [5.41, 5.74) is 6.01. The zero-order valence-corrected chi connectivity index (χ0v) is 4.96. The molecule has 0 atom stereocenters. The highest BCUT2D eigenvalue weighted by atomic mass is 15.5. The monoisotopic (exact) mass is 122 g/mol. The Morgan fingerprint density at radius 2 is 2.44 bits per heavy atom. The fourth-order valence-electron chi connectivity index (χ4n) is 0.943. The molecule has 9 heavy (non-hydrogen) atoms. The Morgan fingerprint density at radius 3 is 3.33 bits per heavy atom. The summed E-state index contributed by atoms with van der Waals surface area (Å²) < 4.78 is 2.10. The van der Waals surface area contributed by atoms with E-state index in [-0.39, 0.29) is 0 Å². The third-order valence-corrected chi connectivity index (χ3v) is 1.41. The van der Waals surface area contributed by atoms with Crippen LogP contribution in [0.15, 0.2) is 24.4 Å². The van der Waals surface area contributed by atoms with E-state index in [0.717, 1.165) is 12.5 Å². The van der Waals surface area contributed by atoms with Gasteiger partial charge in [0.15, 0.2) is 6.67 Å². The molecule has 1 aliphatic rings. The maximum Gasteiger partial charge on any atom is 0.293 e. The standard InChI is InChI=1S/C6H7N3/c1-2-4-9-5-7-8-6(9)3-1/h1-4,7H,5H2/p+1. The molecular formula is C6H8N3+. The predicted octanol–water partition coefficient (Wildman–Crippen LogP) is -0.138. The molecular weight excluding hydrogens is 114 g/mol. The van der Waals surface area contributed by atoms with Crippen molar-refractivity contribution in [3.63, 3.8) is 0 Å². The van der Waals surface area contributed by atoms with Gasteiger partial charge in [-0.1, -0.05) is 6.07 Å². The summed E-state index contributed by atoms with van der Waals surface area (Å²) in [4.78, 5) is 0. The molecule has 0 aliphatic carbocycles. The van der Waals surface area contributed by atoms with Crippen molar-refractivity contribution in [2.24, 2.45) is 0 Å². The van der Waals surface area contributed by atoms with Crippen LogP contribution in [0.3, 0.4) is 0 Å². The van der Waals surface area contributed by atoms with E-state index >= 15 is 0 Å². The van der Waals surface area contributed by atoms with Crippen molar-refractivity contribution in [2.75, 3.05) is 5.43 Å². The third kappa shape index (κ3) is 0.658. The first-order valence-electron chi connectivity index (χ1n) is 2.94. The van der Waals surface area contributed by atoms with Crippen molar-refractivity contribution in [1.29, 1.82) is 0 Å². The fourth-order valence-corrected chi connectivity index (χ4v) is 0.943. The van der Waals surface area contributed by atoms with Crippen LogP contribution in [0.25, 0.3) is 0 Å². The lowest BCUT2D eigenvalue weighted by Crippen LogP contribution is -2.32. The van der Waals surface area contributed by atoms with Crippen LogP contribution < -0.4 is 15.4 Å². The summed E-state index contributed by atoms with van der Waals surface area (Å²) >= 11 is 0. The van der Waals surface area contributed by atoms with Gasteiger partial charge in [0.05, 0.1) is 6.20 Å². The minimum Gasteiger partial charge on any atom is -0.217 e. The maximum atomic E-state index is 3.01. The molecule has 0 saturated carbocycles. The molecule has 0 bridgehead atoms. The Hall–Kier alpha value is -1.09. The molecule has 46 valence electrons. The Kier molecular flexibility index (Phi) is 0.899. The maximum absolute atomic E-state index is 3.01. The molecule has 0 saturated heterocycles. The van der Waals surface area contributed by atoms with Crippen LogP contribution in [-0.4, -0.2) is 0 Å². The van der Waals surface area contributed by atoms with Crippen molar-refractivity contribution < 1.29 is 4.57 Å². The van der Waals surface area contributed by atoms with Gasteiger partial charge in [0.1, 0.15) is 0 Å². The van der Waals surface area contributed by atoms with Crippen LogP contribution in [0.2, 0.25) is 0 Å². The molecule has 0 spiro atoms. The van der Waals surface area contributed by atoms with Gasteiger partial charge in [-0.25, -0.2) is 4.57 Å². The summed E-state index contributed by atoms with van der Waals surface area (Å²) in [7, 11) is 0. The second-order valence-corrected chi connectivity index (χ2v) is 2.02. The van der Waals surface area contributed by atoms with Gasteiger partial charge in [0.2, 0.25) is 0 Å². The van der Waals surface area contributed by atoms with Crippen molar-refractivity contribution in [3.05, 3.63) is 24.4 Å². The molecule has 3 heteroatoms. The smallest absolute Gasteiger partial charge is 0.217 e. The number of aromatic nitrogens is 1. The number of anilines is 1. The quantitative estimate of drug-likeness (QED) is 0.469. The molecule has 0 unspecified atom stereocenters. The number of rotatable bonds is 0. The highest BCUT2D eigenvalue weighted by molar-refractivity contribution is 5.26. The molecule has 0 amide bonds. The Balaban J connectivity index is 2.54. The Morgan fingerprint density at radius 1 is 1.44 bits per heavy atom. The summed E-state index contributed by atoms with van der Waals surface area (Å²) in [6, 6.07) is 6.05. The van der Waals surface area contributed by atoms with Gasteiger partial charge < -0.3 is 0 Å². The van der Waals surface area contributed by atoms with E-state index in [1.54, 1.807) is 0 Å². The molecule has 0 fully saturated rings. The SMILES string of the molecule is c1cc[n+]2c(c1)NNC2. The second-order valence-electron chi connectivity index (χ2n) is 2.02. The summed E-state index contributed by atoms with van der Waals surface area (Å²) in [6.07, 6.45) is 2.03. The first-order chi connectivity index (χ1) is 4.47. The van der Waals surface area contributed by atoms with Gasteiger partial charge in [-0.15, -0.1) is 5.43 Å². The molecule has 1 aromatic rings. The van der Waals surface area contributed by atoms with Gasteiger partial charge in [0, 0.05) is 6.07 Å². The second kappa shape index (κ2) is 1.70. The number of hydrazine groups is 1. The van der Waals surface area contributed by atoms with Crippen molar-refractivity contribution in [2.45, 2.75) is 6.67 Å². The zero-order chi connectivity index (χ0) is 6.10. The topological polar surface area (TPSA) is 27.9 Å². The third-order valence-electron chi connectivity index (χ3n) is 1.41. The van der Waals surface area contributed by atoms with Crippen LogP contribution >= 0.6 is 0 Å². The van der Waals surface area contributed by atoms with Gasteiger partial charge in [-0.3, -0.25) is 0 Å². The van der Waals surface area contributed by atoms with Crippen LogP contribution in [-0.2, 0) is 6.67 Å². The molecule has 0 radical (unpaired) electrons. The molecule has 2 heterocycles. The number of nitrogens with zero attached hydrogens (tertiary/aromatic N) is 1. The van der Waals surface area contributed by atoms with Crippen molar-refractivity contribution >= 4 is 5.82 Å². The summed E-state index contributed by atoms with van der Waals surface area (Å²) in [5.74, 6) is 1.12. The van der Waals surface area contributed by atoms with Crippen molar-refractivity contribution in [3.8, 4) is 0 Å². The minimum atomic E-state index is 0.857. The van der Waals surface area contributed by atoms with Gasteiger partial charge >= 0.3 is 0 Å². The highest BCUT2D eigenvalue weighted by Gasteiger charge is 2.12. The average molecular weight is 122 g/mol. The van der Waals surface area contributed by atoms with Gasteiger partial charge in [-0.2, -0.15) is 5.43 Å². The van der Waals surface area contributed by atoms with E-state index < -0.39 is 0 Å².